The minimum Gasteiger partial charge on any atom is -0.384 e. The Hall–Kier alpha value is -1.06. The molecule has 1 fully saturated rings. The zero-order chi connectivity index (χ0) is 11.9. The summed E-state index contributed by atoms with van der Waals surface area (Å²) in [7, 11) is 0. The van der Waals surface area contributed by atoms with Crippen molar-refractivity contribution in [3.63, 3.8) is 0 Å². The predicted molar refractivity (Wildman–Crippen MR) is 71.4 cm³/mol. The maximum absolute atomic E-state index is 5.64. The molecule has 1 atom stereocenters. The number of para-hydroxylation sites is 1. The minimum atomic E-state index is 0.370. The van der Waals surface area contributed by atoms with Gasteiger partial charge in [0.2, 0.25) is 0 Å². The Kier molecular flexibility index (Phi) is 4.83. The fraction of sp³-hybridized carbons (Fsp3) is 0.571. The number of hydrogen-bond acceptors (Lipinski definition) is 3. The molecule has 3 nitrogen and oxygen atoms in total. The molecule has 1 saturated heterocycles. The Morgan fingerprint density at radius 1 is 1.35 bits per heavy atom. The molecule has 1 aromatic rings. The van der Waals surface area contributed by atoms with Gasteiger partial charge in [0.1, 0.15) is 0 Å². The van der Waals surface area contributed by atoms with Crippen molar-refractivity contribution in [2.75, 3.05) is 38.1 Å². The van der Waals surface area contributed by atoms with Gasteiger partial charge in [0, 0.05) is 38.5 Å². The van der Waals surface area contributed by atoms with E-state index in [1.54, 1.807) is 0 Å². The minimum absolute atomic E-state index is 0.370. The van der Waals surface area contributed by atoms with Gasteiger partial charge in [-0.15, -0.1) is 0 Å². The number of nitrogens with one attached hydrogen (secondary N) is 1. The van der Waals surface area contributed by atoms with E-state index in [-0.39, 0.29) is 0 Å². The molecule has 0 radical (unpaired) electrons. The number of hydrogen-bond donors (Lipinski definition) is 1. The lowest BCUT2D eigenvalue weighted by Crippen LogP contribution is -2.34. The van der Waals surface area contributed by atoms with Crippen LogP contribution in [0.3, 0.4) is 0 Å². The second-order valence-electron chi connectivity index (χ2n) is 4.63. The second kappa shape index (κ2) is 6.62. The molecular weight excluding hydrogens is 212 g/mol. The highest BCUT2D eigenvalue weighted by molar-refractivity contribution is 5.42. The first-order chi connectivity index (χ1) is 8.34. The molecule has 0 aromatic heterocycles. The number of ether oxygens (including phenoxy) is 1. The zero-order valence-corrected chi connectivity index (χ0v) is 10.6. The molecule has 1 aliphatic heterocycles. The van der Waals surface area contributed by atoms with Crippen molar-refractivity contribution in [3.05, 3.63) is 30.3 Å². The SMILES string of the molecule is CC1CN(CCNc2ccccc2)CCCO1. The van der Waals surface area contributed by atoms with Crippen LogP contribution in [0, 0.1) is 0 Å². The van der Waals surface area contributed by atoms with Gasteiger partial charge < -0.3 is 10.1 Å². The summed E-state index contributed by atoms with van der Waals surface area (Å²) in [5, 5.41) is 3.44. The standard InChI is InChI=1S/C14H22N2O/c1-13-12-16(9-5-11-17-13)10-8-15-14-6-3-2-4-7-14/h2-4,6-7,13,15H,5,8-12H2,1H3. The van der Waals surface area contributed by atoms with E-state index in [1.807, 2.05) is 6.07 Å². The van der Waals surface area contributed by atoms with Gasteiger partial charge >= 0.3 is 0 Å². The molecular formula is C14H22N2O. The molecule has 0 aliphatic carbocycles. The van der Waals surface area contributed by atoms with Crippen LogP contribution in [0.2, 0.25) is 0 Å². The number of rotatable bonds is 4. The largest absolute Gasteiger partial charge is 0.384 e. The van der Waals surface area contributed by atoms with Gasteiger partial charge in [-0.05, 0) is 25.5 Å². The topological polar surface area (TPSA) is 24.5 Å². The molecule has 1 unspecified atom stereocenters. The van der Waals surface area contributed by atoms with E-state index in [0.29, 0.717) is 6.10 Å². The molecule has 94 valence electrons. The molecule has 17 heavy (non-hydrogen) atoms. The number of nitrogens with zero attached hydrogens (tertiary/aromatic N) is 1. The summed E-state index contributed by atoms with van der Waals surface area (Å²) in [4.78, 5) is 2.48. The fourth-order valence-electron chi connectivity index (χ4n) is 2.20. The zero-order valence-electron chi connectivity index (χ0n) is 10.6. The van der Waals surface area contributed by atoms with E-state index in [9.17, 15) is 0 Å². The van der Waals surface area contributed by atoms with Gasteiger partial charge in [-0.2, -0.15) is 0 Å². The lowest BCUT2D eigenvalue weighted by molar-refractivity contribution is 0.0683. The Balaban J connectivity index is 1.70. The summed E-state index contributed by atoms with van der Waals surface area (Å²) < 4.78 is 5.64. The van der Waals surface area contributed by atoms with Gasteiger partial charge in [0.15, 0.2) is 0 Å². The van der Waals surface area contributed by atoms with Gasteiger partial charge in [0.05, 0.1) is 6.10 Å². The van der Waals surface area contributed by atoms with E-state index in [4.69, 9.17) is 4.74 Å². The van der Waals surface area contributed by atoms with Crippen LogP contribution in [-0.4, -0.2) is 43.8 Å². The molecule has 0 amide bonds. The molecule has 0 spiro atoms. The van der Waals surface area contributed by atoms with Crippen LogP contribution in [0.25, 0.3) is 0 Å². The first kappa shape index (κ1) is 12.4. The van der Waals surface area contributed by atoms with Crippen molar-refractivity contribution in [3.8, 4) is 0 Å². The van der Waals surface area contributed by atoms with E-state index in [2.05, 4.69) is 41.4 Å². The van der Waals surface area contributed by atoms with Gasteiger partial charge in [0.25, 0.3) is 0 Å². The van der Waals surface area contributed by atoms with Crippen LogP contribution >= 0.6 is 0 Å². The maximum Gasteiger partial charge on any atom is 0.0673 e. The van der Waals surface area contributed by atoms with Crippen LogP contribution < -0.4 is 5.32 Å². The average Bonchev–Trinajstić information content (AvgIpc) is 2.55. The Bertz CT molecular complexity index is 315. The highest BCUT2D eigenvalue weighted by Crippen LogP contribution is 2.07. The highest BCUT2D eigenvalue weighted by Gasteiger charge is 2.13. The summed E-state index contributed by atoms with van der Waals surface area (Å²) in [6, 6.07) is 10.4. The van der Waals surface area contributed by atoms with E-state index in [0.717, 1.165) is 39.2 Å². The molecule has 3 heteroatoms. The maximum atomic E-state index is 5.64. The lowest BCUT2D eigenvalue weighted by Gasteiger charge is -2.21. The van der Waals surface area contributed by atoms with Crippen molar-refractivity contribution in [2.24, 2.45) is 0 Å². The summed E-state index contributed by atoms with van der Waals surface area (Å²) in [5.41, 5.74) is 1.20. The molecule has 1 aromatic carbocycles. The summed E-state index contributed by atoms with van der Waals surface area (Å²) in [6.07, 6.45) is 1.52. The van der Waals surface area contributed by atoms with Crippen molar-refractivity contribution >= 4 is 5.69 Å². The average molecular weight is 234 g/mol. The van der Waals surface area contributed by atoms with Gasteiger partial charge in [-0.25, -0.2) is 0 Å². The number of benzene rings is 1. The molecule has 2 rings (SSSR count). The number of anilines is 1. The molecule has 1 aliphatic rings. The van der Waals surface area contributed by atoms with Crippen molar-refractivity contribution in [1.29, 1.82) is 0 Å². The van der Waals surface area contributed by atoms with Crippen LogP contribution in [0.4, 0.5) is 5.69 Å². The molecule has 0 saturated carbocycles. The van der Waals surface area contributed by atoms with E-state index in [1.165, 1.54) is 5.69 Å². The van der Waals surface area contributed by atoms with Crippen LogP contribution in [0.1, 0.15) is 13.3 Å². The van der Waals surface area contributed by atoms with Crippen LogP contribution in [-0.2, 0) is 4.74 Å². The van der Waals surface area contributed by atoms with E-state index >= 15 is 0 Å². The van der Waals surface area contributed by atoms with Gasteiger partial charge in [-0.3, -0.25) is 4.90 Å². The Morgan fingerprint density at radius 2 is 2.18 bits per heavy atom. The normalized spacial score (nSPS) is 22.1. The van der Waals surface area contributed by atoms with E-state index < -0.39 is 0 Å². The summed E-state index contributed by atoms with van der Waals surface area (Å²) in [5.74, 6) is 0. The highest BCUT2D eigenvalue weighted by atomic mass is 16.5. The Morgan fingerprint density at radius 3 is 3.00 bits per heavy atom. The summed E-state index contributed by atoms with van der Waals surface area (Å²) >= 11 is 0. The smallest absolute Gasteiger partial charge is 0.0673 e. The summed E-state index contributed by atoms with van der Waals surface area (Å²) in [6.45, 7) is 7.35. The van der Waals surface area contributed by atoms with Gasteiger partial charge in [-0.1, -0.05) is 18.2 Å². The molecule has 1 N–H and O–H groups in total. The molecule has 1 heterocycles. The molecule has 0 bridgehead atoms. The predicted octanol–water partition coefficient (Wildman–Crippen LogP) is 2.21. The van der Waals surface area contributed by atoms with Crippen molar-refractivity contribution in [1.82, 2.24) is 4.90 Å². The third-order valence-electron chi connectivity index (χ3n) is 3.07. The van der Waals surface area contributed by atoms with Crippen molar-refractivity contribution < 1.29 is 4.74 Å². The van der Waals surface area contributed by atoms with Crippen LogP contribution in [0.15, 0.2) is 30.3 Å². The first-order valence-corrected chi connectivity index (χ1v) is 6.47. The van der Waals surface area contributed by atoms with Crippen molar-refractivity contribution in [2.45, 2.75) is 19.4 Å². The third-order valence-corrected chi connectivity index (χ3v) is 3.07. The van der Waals surface area contributed by atoms with Crippen LogP contribution in [0.5, 0.6) is 0 Å². The fourth-order valence-corrected chi connectivity index (χ4v) is 2.20. The quantitative estimate of drug-likeness (QED) is 0.864. The first-order valence-electron chi connectivity index (χ1n) is 6.47. The monoisotopic (exact) mass is 234 g/mol. The Labute approximate surface area is 104 Å². The third kappa shape index (κ3) is 4.36. The second-order valence-corrected chi connectivity index (χ2v) is 4.63. The lowest BCUT2D eigenvalue weighted by atomic mass is 10.3.